The Morgan fingerprint density at radius 3 is 0.964 bits per heavy atom. The summed E-state index contributed by atoms with van der Waals surface area (Å²) in [6, 6.07) is 0. The van der Waals surface area contributed by atoms with Crippen LogP contribution < -0.4 is 0 Å². The normalized spacial score (nSPS) is 25.1. The molecule has 1 heterocycles. The van der Waals surface area contributed by atoms with Gasteiger partial charge in [-0.3, -0.25) is 4.74 Å². The topological polar surface area (TPSA) is 12.5 Å². The molecule has 1 unspecified atom stereocenters. The van der Waals surface area contributed by atoms with Gasteiger partial charge in [0.15, 0.2) is 0 Å². The Labute approximate surface area is 139 Å². The van der Waals surface area contributed by atoms with Gasteiger partial charge in [0.25, 0.3) is 0 Å². The maximum atomic E-state index is 13.3. The van der Waals surface area contributed by atoms with E-state index >= 15 is 0 Å². The average Bonchev–Trinajstić information content (AvgIpc) is 3.01. The Morgan fingerprint density at radius 1 is 0.464 bits per heavy atom. The van der Waals surface area contributed by atoms with Crippen molar-refractivity contribution in [2.75, 3.05) is 0 Å². The highest BCUT2D eigenvalue weighted by Crippen LogP contribution is 2.72. The Balaban J connectivity index is 3.69. The van der Waals surface area contributed by atoms with E-state index in [1.54, 1.807) is 0 Å². The molecule has 0 aromatic rings. The summed E-state index contributed by atoms with van der Waals surface area (Å²) in [6.45, 7) is 0. The minimum atomic E-state index is -8.65. The standard InChI is InChI=1S/C9F18O/c10-2(11,1(7(20,21)22)9(26,27)28-1)3(12,13)4(14,15)5(16,17)6(18,19)8(23,24)25. The lowest BCUT2D eigenvalue weighted by atomic mass is 9.86. The molecule has 0 amide bonds. The maximum Gasteiger partial charge on any atom is 0.460 e. The lowest BCUT2D eigenvalue weighted by molar-refractivity contribution is -0.449. The molecule has 0 spiro atoms. The van der Waals surface area contributed by atoms with Crippen LogP contribution in [0.4, 0.5) is 79.0 Å². The fraction of sp³-hybridized carbons (Fsp3) is 1.00. The van der Waals surface area contributed by atoms with Crippen molar-refractivity contribution in [2.24, 2.45) is 0 Å². The molecule has 1 nitrogen and oxygen atoms in total. The third-order valence-electron chi connectivity index (χ3n) is 3.42. The molecule has 0 N–H and O–H groups in total. The summed E-state index contributed by atoms with van der Waals surface area (Å²) in [7, 11) is 0. The van der Waals surface area contributed by atoms with Crippen LogP contribution in [0, 0.1) is 0 Å². The number of rotatable bonds is 5. The van der Waals surface area contributed by atoms with E-state index in [0.29, 0.717) is 0 Å². The third-order valence-corrected chi connectivity index (χ3v) is 3.42. The Kier molecular flexibility index (Phi) is 4.80. The fourth-order valence-corrected chi connectivity index (χ4v) is 1.81. The average molecular weight is 466 g/mol. The van der Waals surface area contributed by atoms with Crippen molar-refractivity contribution in [1.82, 2.24) is 0 Å². The number of hydrogen-bond acceptors (Lipinski definition) is 1. The SMILES string of the molecule is FC(F)(F)C(F)(F)C(F)(F)C(F)(F)C(F)(F)C(F)(F)C1(C(F)(F)F)OC1(F)F. The molecule has 0 aromatic carbocycles. The number of alkyl halides is 18. The first kappa shape index (κ1) is 24.7. The second-order valence-electron chi connectivity index (χ2n) is 5.17. The van der Waals surface area contributed by atoms with Gasteiger partial charge in [0, 0.05) is 0 Å². The van der Waals surface area contributed by atoms with E-state index in [2.05, 4.69) is 0 Å². The summed E-state index contributed by atoms with van der Waals surface area (Å²) in [5.74, 6) is -42.1. The van der Waals surface area contributed by atoms with Gasteiger partial charge in [-0.25, -0.2) is 0 Å². The van der Waals surface area contributed by atoms with Crippen molar-refractivity contribution in [2.45, 2.75) is 53.7 Å². The monoisotopic (exact) mass is 466 g/mol. The molecule has 0 saturated carbocycles. The molecular formula is C9F18O. The van der Waals surface area contributed by atoms with Gasteiger partial charge in [0.2, 0.25) is 0 Å². The Morgan fingerprint density at radius 2 is 0.750 bits per heavy atom. The molecule has 1 aliphatic heterocycles. The van der Waals surface area contributed by atoms with Gasteiger partial charge in [0.1, 0.15) is 0 Å². The van der Waals surface area contributed by atoms with Gasteiger partial charge in [-0.2, -0.15) is 79.0 Å². The summed E-state index contributed by atoms with van der Waals surface area (Å²) in [4.78, 5) is 0. The van der Waals surface area contributed by atoms with Crippen molar-refractivity contribution < 1.29 is 83.8 Å². The molecule has 1 rings (SSSR count). The van der Waals surface area contributed by atoms with Crippen LogP contribution in [0.3, 0.4) is 0 Å². The van der Waals surface area contributed by atoms with E-state index in [4.69, 9.17) is 0 Å². The second kappa shape index (κ2) is 5.44. The van der Waals surface area contributed by atoms with E-state index in [1.165, 1.54) is 0 Å². The van der Waals surface area contributed by atoms with Crippen LogP contribution in [0.5, 0.6) is 0 Å². The van der Waals surface area contributed by atoms with Gasteiger partial charge in [-0.1, -0.05) is 0 Å². The summed E-state index contributed by atoms with van der Waals surface area (Å²) >= 11 is 0. The molecule has 28 heavy (non-hydrogen) atoms. The molecule has 1 aliphatic rings. The van der Waals surface area contributed by atoms with E-state index < -0.39 is 53.7 Å². The largest absolute Gasteiger partial charge is 0.460 e. The highest BCUT2D eigenvalue weighted by Gasteiger charge is 3.05. The zero-order valence-corrected chi connectivity index (χ0v) is 11.7. The first-order valence-corrected chi connectivity index (χ1v) is 5.81. The van der Waals surface area contributed by atoms with Gasteiger partial charge < -0.3 is 0 Å². The number of hydrogen-bond donors (Lipinski definition) is 0. The van der Waals surface area contributed by atoms with Crippen LogP contribution in [-0.4, -0.2) is 53.7 Å². The van der Waals surface area contributed by atoms with Crippen molar-refractivity contribution >= 4 is 0 Å². The molecule has 1 atom stereocenters. The van der Waals surface area contributed by atoms with Gasteiger partial charge in [-0.05, 0) is 0 Å². The molecule has 0 bridgehead atoms. The van der Waals surface area contributed by atoms with Crippen molar-refractivity contribution in [1.29, 1.82) is 0 Å². The van der Waals surface area contributed by atoms with E-state index in [9.17, 15) is 79.0 Å². The van der Waals surface area contributed by atoms with Crippen LogP contribution in [0.25, 0.3) is 0 Å². The smallest absolute Gasteiger partial charge is 0.287 e. The molecule has 0 aliphatic carbocycles. The zero-order valence-electron chi connectivity index (χ0n) is 11.7. The van der Waals surface area contributed by atoms with Crippen LogP contribution in [0.15, 0.2) is 0 Å². The van der Waals surface area contributed by atoms with Gasteiger partial charge >= 0.3 is 53.7 Å². The molecule has 1 saturated heterocycles. The second-order valence-corrected chi connectivity index (χ2v) is 5.17. The van der Waals surface area contributed by atoms with Crippen molar-refractivity contribution in [3.8, 4) is 0 Å². The summed E-state index contributed by atoms with van der Waals surface area (Å²) in [5.41, 5.74) is -6.91. The van der Waals surface area contributed by atoms with E-state index in [-0.39, 0.29) is 0 Å². The molecule has 168 valence electrons. The zero-order chi connectivity index (χ0) is 23.2. The highest BCUT2D eigenvalue weighted by atomic mass is 19.4. The van der Waals surface area contributed by atoms with Crippen molar-refractivity contribution in [3.05, 3.63) is 0 Å². The van der Waals surface area contributed by atoms with Crippen LogP contribution in [0.2, 0.25) is 0 Å². The predicted molar refractivity (Wildman–Crippen MR) is 45.6 cm³/mol. The number of ether oxygens (including phenoxy) is 1. The van der Waals surface area contributed by atoms with Crippen LogP contribution in [-0.2, 0) is 4.74 Å². The Hall–Kier alpha value is -1.30. The lowest BCUT2D eigenvalue weighted by Crippen LogP contribution is -2.74. The molecule has 0 aromatic heterocycles. The third kappa shape index (κ3) is 2.49. The van der Waals surface area contributed by atoms with Gasteiger partial charge in [-0.15, -0.1) is 0 Å². The molecule has 19 heteroatoms. The first-order valence-electron chi connectivity index (χ1n) is 5.81. The summed E-state index contributed by atoms with van der Waals surface area (Å²) < 4.78 is 229. The van der Waals surface area contributed by atoms with E-state index in [0.717, 1.165) is 0 Å². The molecular weight excluding hydrogens is 466 g/mol. The minimum Gasteiger partial charge on any atom is -0.287 e. The van der Waals surface area contributed by atoms with Crippen molar-refractivity contribution in [3.63, 3.8) is 0 Å². The van der Waals surface area contributed by atoms with E-state index in [1.807, 2.05) is 4.74 Å². The predicted octanol–water partition coefficient (Wildman–Crippen LogP) is 5.65. The minimum absolute atomic E-state index is 1.99. The first-order chi connectivity index (χ1) is 11.7. The summed E-state index contributed by atoms with van der Waals surface area (Å²) in [5, 5.41) is 0. The number of halogens is 18. The van der Waals surface area contributed by atoms with Crippen LogP contribution in [0.1, 0.15) is 0 Å². The van der Waals surface area contributed by atoms with Gasteiger partial charge in [0.05, 0.1) is 0 Å². The fourth-order valence-electron chi connectivity index (χ4n) is 1.81. The summed E-state index contributed by atoms with van der Waals surface area (Å²) in [6.07, 6.45) is -21.6. The van der Waals surface area contributed by atoms with Crippen LogP contribution >= 0.6 is 0 Å². The highest BCUT2D eigenvalue weighted by molar-refractivity contribution is 5.24. The molecule has 0 radical (unpaired) electrons. The maximum absolute atomic E-state index is 13.3. The lowest BCUT2D eigenvalue weighted by Gasteiger charge is -2.41. The molecule has 1 fully saturated rings. The number of epoxide rings is 1. The Bertz CT molecular complexity index is 624. The quantitative estimate of drug-likeness (QED) is 0.377.